The van der Waals surface area contributed by atoms with Crippen LogP contribution < -0.4 is 19.7 Å². The van der Waals surface area contributed by atoms with E-state index in [0.717, 1.165) is 31.0 Å². The Morgan fingerprint density at radius 3 is 2.43 bits per heavy atom. The zero-order valence-corrected chi connectivity index (χ0v) is 15.4. The molecule has 0 aliphatic carbocycles. The monoisotopic (exact) mass is 378 g/mol. The van der Waals surface area contributed by atoms with E-state index >= 15 is 0 Å². The van der Waals surface area contributed by atoms with Gasteiger partial charge in [-0.1, -0.05) is 12.1 Å². The van der Waals surface area contributed by atoms with Gasteiger partial charge in [-0.2, -0.15) is 0 Å². The van der Waals surface area contributed by atoms with Gasteiger partial charge in [0.05, 0.1) is 6.54 Å². The highest BCUT2D eigenvalue weighted by Gasteiger charge is 2.24. The van der Waals surface area contributed by atoms with Gasteiger partial charge >= 0.3 is 0 Å². The fraction of sp³-hybridized carbons (Fsp3) is 0.300. The molecule has 1 aliphatic rings. The average Bonchev–Trinajstić information content (AvgIpc) is 2.77. The number of anilines is 2. The molecular weight excluding hydrogens is 356 g/mol. The van der Waals surface area contributed by atoms with E-state index < -0.39 is 0 Å². The first kappa shape index (κ1) is 18.0. The fourth-order valence-electron chi connectivity index (χ4n) is 2.99. The lowest BCUT2D eigenvalue weighted by Gasteiger charge is -2.31. The lowest BCUT2D eigenvalue weighted by Crippen LogP contribution is -2.42. The number of aromatic nitrogens is 4. The van der Waals surface area contributed by atoms with Crippen molar-refractivity contribution in [1.82, 2.24) is 19.9 Å². The second kappa shape index (κ2) is 8.98. The second-order valence-corrected chi connectivity index (χ2v) is 6.35. The third kappa shape index (κ3) is 4.64. The summed E-state index contributed by atoms with van der Waals surface area (Å²) in [5, 5.41) is 3.22. The molecule has 8 heteroatoms. The molecule has 0 radical (unpaired) electrons. The number of benzene rings is 1. The summed E-state index contributed by atoms with van der Waals surface area (Å²) in [5.41, 5.74) is 0. The summed E-state index contributed by atoms with van der Waals surface area (Å²) in [5.74, 6) is 2.87. The third-order valence-electron chi connectivity index (χ3n) is 4.28. The van der Waals surface area contributed by atoms with Gasteiger partial charge < -0.3 is 19.7 Å². The maximum atomic E-state index is 6.10. The van der Waals surface area contributed by atoms with E-state index in [9.17, 15) is 0 Å². The summed E-state index contributed by atoms with van der Waals surface area (Å²) in [6, 6.07) is 11.3. The van der Waals surface area contributed by atoms with Gasteiger partial charge in [0.15, 0.2) is 17.6 Å². The third-order valence-corrected chi connectivity index (χ3v) is 4.28. The van der Waals surface area contributed by atoms with Crippen molar-refractivity contribution < 1.29 is 9.47 Å². The predicted molar refractivity (Wildman–Crippen MR) is 106 cm³/mol. The largest absolute Gasteiger partial charge is 0.486 e. The molecule has 8 nitrogen and oxygen atoms in total. The van der Waals surface area contributed by atoms with Crippen LogP contribution in [0.2, 0.25) is 0 Å². The molecule has 3 aromatic rings. The molecule has 0 amide bonds. The molecule has 1 aliphatic heterocycles. The topological polar surface area (TPSA) is 85.3 Å². The summed E-state index contributed by atoms with van der Waals surface area (Å²) in [6.45, 7) is 2.65. The van der Waals surface area contributed by atoms with Gasteiger partial charge in [0.2, 0.25) is 11.9 Å². The Labute approximate surface area is 163 Å². The maximum Gasteiger partial charge on any atom is 0.225 e. The Kier molecular flexibility index (Phi) is 5.77. The van der Waals surface area contributed by atoms with Gasteiger partial charge in [-0.3, -0.25) is 0 Å². The minimum Gasteiger partial charge on any atom is -0.486 e. The Morgan fingerprint density at radius 1 is 0.929 bits per heavy atom. The van der Waals surface area contributed by atoms with Crippen molar-refractivity contribution in [3.63, 3.8) is 0 Å². The number of hydrogen-bond acceptors (Lipinski definition) is 8. The highest BCUT2D eigenvalue weighted by molar-refractivity contribution is 5.41. The van der Waals surface area contributed by atoms with E-state index in [2.05, 4.69) is 30.2 Å². The van der Waals surface area contributed by atoms with Crippen molar-refractivity contribution in [3.05, 3.63) is 61.2 Å². The minimum atomic E-state index is -0.0934. The number of hydrogen-bond donors (Lipinski definition) is 1. The van der Waals surface area contributed by atoms with Crippen LogP contribution in [-0.4, -0.2) is 52.3 Å². The van der Waals surface area contributed by atoms with E-state index in [0.29, 0.717) is 25.0 Å². The van der Waals surface area contributed by atoms with Crippen molar-refractivity contribution in [2.24, 2.45) is 0 Å². The van der Waals surface area contributed by atoms with E-state index in [4.69, 9.17) is 9.47 Å². The van der Waals surface area contributed by atoms with Crippen molar-refractivity contribution in [2.75, 3.05) is 36.5 Å². The van der Waals surface area contributed by atoms with Crippen LogP contribution in [0.25, 0.3) is 0 Å². The second-order valence-electron chi connectivity index (χ2n) is 6.35. The van der Waals surface area contributed by atoms with Crippen molar-refractivity contribution in [2.45, 2.75) is 12.5 Å². The van der Waals surface area contributed by atoms with Gasteiger partial charge in [0, 0.05) is 37.9 Å². The fourth-order valence-corrected chi connectivity index (χ4v) is 2.99. The molecule has 0 bridgehead atoms. The molecule has 1 aromatic carbocycles. The van der Waals surface area contributed by atoms with Gasteiger partial charge in [0.1, 0.15) is 6.61 Å². The first-order chi connectivity index (χ1) is 13.9. The molecule has 0 saturated carbocycles. The molecular formula is C20H22N6O2. The van der Waals surface area contributed by atoms with E-state index in [1.54, 1.807) is 30.9 Å². The Balaban J connectivity index is 1.36. The highest BCUT2D eigenvalue weighted by Crippen LogP contribution is 2.31. The Hall–Kier alpha value is -3.42. The SMILES string of the molecule is c1cnc(NCCCN(CC2COc3ccccc3O2)c2ncccn2)nc1. The van der Waals surface area contributed by atoms with Gasteiger partial charge in [-0.25, -0.2) is 19.9 Å². The zero-order chi connectivity index (χ0) is 19.0. The molecule has 0 fully saturated rings. The lowest BCUT2D eigenvalue weighted by atomic mass is 10.2. The number of nitrogens with zero attached hydrogens (tertiary/aromatic N) is 5. The molecule has 0 spiro atoms. The van der Waals surface area contributed by atoms with Crippen LogP contribution in [0.3, 0.4) is 0 Å². The van der Waals surface area contributed by atoms with Crippen LogP contribution in [0.15, 0.2) is 61.2 Å². The normalized spacial score (nSPS) is 15.1. The molecule has 2 aromatic heterocycles. The summed E-state index contributed by atoms with van der Waals surface area (Å²) in [6.07, 6.45) is 7.72. The van der Waals surface area contributed by atoms with E-state index in [1.165, 1.54) is 0 Å². The summed E-state index contributed by atoms with van der Waals surface area (Å²) >= 11 is 0. The number of fused-ring (bicyclic) bond motifs is 1. The maximum absolute atomic E-state index is 6.10. The quantitative estimate of drug-likeness (QED) is 0.598. The standard InChI is InChI=1S/C20H22N6O2/c1-2-7-18-17(6-1)27-15-16(28-18)14-26(20-24-10-4-11-25-20)13-5-12-23-19-21-8-3-9-22-19/h1-4,6-11,16H,5,12-15H2,(H,21,22,23). The van der Waals surface area contributed by atoms with Gasteiger partial charge in [-0.05, 0) is 30.7 Å². The van der Waals surface area contributed by atoms with Gasteiger partial charge in [0.25, 0.3) is 0 Å². The van der Waals surface area contributed by atoms with Crippen LogP contribution in [0.1, 0.15) is 6.42 Å². The molecule has 3 heterocycles. The number of nitrogens with one attached hydrogen (secondary N) is 1. The Morgan fingerprint density at radius 2 is 1.64 bits per heavy atom. The van der Waals surface area contributed by atoms with Crippen molar-refractivity contribution >= 4 is 11.9 Å². The molecule has 1 atom stereocenters. The molecule has 28 heavy (non-hydrogen) atoms. The minimum absolute atomic E-state index is 0.0934. The molecule has 144 valence electrons. The van der Waals surface area contributed by atoms with Crippen molar-refractivity contribution in [1.29, 1.82) is 0 Å². The number of rotatable bonds is 8. The first-order valence-electron chi connectivity index (χ1n) is 9.30. The lowest BCUT2D eigenvalue weighted by molar-refractivity contribution is 0.0950. The molecule has 1 N–H and O–H groups in total. The van der Waals surface area contributed by atoms with Crippen LogP contribution in [0.4, 0.5) is 11.9 Å². The van der Waals surface area contributed by atoms with E-state index in [1.807, 2.05) is 30.3 Å². The van der Waals surface area contributed by atoms with Crippen molar-refractivity contribution in [3.8, 4) is 11.5 Å². The first-order valence-corrected chi connectivity index (χ1v) is 9.30. The van der Waals surface area contributed by atoms with Gasteiger partial charge in [-0.15, -0.1) is 0 Å². The predicted octanol–water partition coefficient (Wildman–Crippen LogP) is 2.42. The van der Waals surface area contributed by atoms with Crippen LogP contribution in [0.5, 0.6) is 11.5 Å². The van der Waals surface area contributed by atoms with E-state index in [-0.39, 0.29) is 6.10 Å². The number of para-hydroxylation sites is 2. The average molecular weight is 378 g/mol. The van der Waals surface area contributed by atoms with Crippen LogP contribution in [-0.2, 0) is 0 Å². The van der Waals surface area contributed by atoms with Crippen LogP contribution >= 0.6 is 0 Å². The summed E-state index contributed by atoms with van der Waals surface area (Å²) in [7, 11) is 0. The molecule has 4 rings (SSSR count). The number of ether oxygens (including phenoxy) is 2. The van der Waals surface area contributed by atoms with Crippen LogP contribution in [0, 0.1) is 0 Å². The molecule has 0 saturated heterocycles. The highest BCUT2D eigenvalue weighted by atomic mass is 16.6. The smallest absolute Gasteiger partial charge is 0.225 e. The zero-order valence-electron chi connectivity index (χ0n) is 15.4. The molecule has 1 unspecified atom stereocenters. The Bertz CT molecular complexity index is 865. The summed E-state index contributed by atoms with van der Waals surface area (Å²) in [4.78, 5) is 19.3. The summed E-state index contributed by atoms with van der Waals surface area (Å²) < 4.78 is 11.9.